The van der Waals surface area contributed by atoms with E-state index < -0.39 is 5.54 Å². The SMILES string of the molecule is CCCC(NC1CCCCC1)(C(N)=O)c1ccccc1. The van der Waals surface area contributed by atoms with Crippen LogP contribution in [-0.4, -0.2) is 11.9 Å². The lowest BCUT2D eigenvalue weighted by Crippen LogP contribution is -2.56. The Kier molecular flexibility index (Phi) is 5.18. The van der Waals surface area contributed by atoms with Gasteiger partial charge in [0, 0.05) is 6.04 Å². The highest BCUT2D eigenvalue weighted by Gasteiger charge is 2.39. The minimum atomic E-state index is -0.710. The van der Waals surface area contributed by atoms with Crippen LogP contribution in [0.3, 0.4) is 0 Å². The summed E-state index contributed by atoms with van der Waals surface area (Å²) in [4.78, 5) is 12.2. The van der Waals surface area contributed by atoms with Crippen molar-refractivity contribution in [3.8, 4) is 0 Å². The van der Waals surface area contributed by atoms with E-state index in [1.165, 1.54) is 19.3 Å². The molecule has 0 aromatic heterocycles. The van der Waals surface area contributed by atoms with Crippen LogP contribution in [0.15, 0.2) is 30.3 Å². The fourth-order valence-electron chi connectivity index (χ4n) is 3.33. The van der Waals surface area contributed by atoms with E-state index in [0.29, 0.717) is 6.04 Å². The van der Waals surface area contributed by atoms with E-state index in [1.807, 2.05) is 30.3 Å². The molecule has 2 rings (SSSR count). The lowest BCUT2D eigenvalue weighted by molar-refractivity contribution is -0.125. The first-order chi connectivity index (χ1) is 9.69. The predicted molar refractivity (Wildman–Crippen MR) is 82.2 cm³/mol. The molecule has 0 heterocycles. The number of hydrogen-bond acceptors (Lipinski definition) is 2. The standard InChI is InChI=1S/C17H26N2O/c1-2-13-17(16(18)20,14-9-5-3-6-10-14)19-15-11-7-4-8-12-15/h3,5-6,9-10,15,19H,2,4,7-8,11-13H2,1H3,(H2,18,20). The van der Waals surface area contributed by atoms with Crippen molar-refractivity contribution in [1.29, 1.82) is 0 Å². The molecular formula is C17H26N2O. The van der Waals surface area contributed by atoms with Gasteiger partial charge in [0.25, 0.3) is 0 Å². The summed E-state index contributed by atoms with van der Waals surface area (Å²) in [6.07, 6.45) is 7.76. The maximum Gasteiger partial charge on any atom is 0.242 e. The van der Waals surface area contributed by atoms with E-state index in [0.717, 1.165) is 31.2 Å². The summed E-state index contributed by atoms with van der Waals surface area (Å²) in [6.45, 7) is 2.10. The Bertz CT molecular complexity index is 426. The minimum absolute atomic E-state index is 0.254. The Morgan fingerprint density at radius 3 is 2.45 bits per heavy atom. The monoisotopic (exact) mass is 274 g/mol. The zero-order valence-electron chi connectivity index (χ0n) is 12.4. The molecule has 3 nitrogen and oxygen atoms in total. The topological polar surface area (TPSA) is 55.1 Å². The number of nitrogens with two attached hydrogens (primary N) is 1. The third-order valence-corrected chi connectivity index (χ3v) is 4.37. The van der Waals surface area contributed by atoms with Crippen LogP contribution >= 0.6 is 0 Å². The molecule has 3 N–H and O–H groups in total. The molecule has 0 radical (unpaired) electrons. The van der Waals surface area contributed by atoms with E-state index in [1.54, 1.807) is 0 Å². The zero-order valence-corrected chi connectivity index (χ0v) is 12.4. The van der Waals surface area contributed by atoms with Crippen LogP contribution in [0.2, 0.25) is 0 Å². The number of carbonyl (C=O) groups is 1. The molecule has 1 atom stereocenters. The summed E-state index contributed by atoms with van der Waals surface area (Å²) in [6, 6.07) is 10.4. The summed E-state index contributed by atoms with van der Waals surface area (Å²) < 4.78 is 0. The number of benzene rings is 1. The van der Waals surface area contributed by atoms with Crippen LogP contribution in [0.1, 0.15) is 57.4 Å². The summed E-state index contributed by atoms with van der Waals surface area (Å²) in [7, 11) is 0. The lowest BCUT2D eigenvalue weighted by Gasteiger charge is -2.37. The molecule has 1 aromatic carbocycles. The summed E-state index contributed by atoms with van der Waals surface area (Å²) in [5, 5.41) is 3.61. The van der Waals surface area contributed by atoms with Crippen molar-refractivity contribution in [1.82, 2.24) is 5.32 Å². The van der Waals surface area contributed by atoms with Crippen molar-refractivity contribution < 1.29 is 4.79 Å². The molecule has 0 spiro atoms. The number of carbonyl (C=O) groups excluding carboxylic acids is 1. The van der Waals surface area contributed by atoms with E-state index in [2.05, 4.69) is 12.2 Å². The highest BCUT2D eigenvalue weighted by molar-refractivity contribution is 5.86. The molecule has 1 aliphatic carbocycles. The number of primary amides is 1. The third kappa shape index (κ3) is 3.21. The highest BCUT2D eigenvalue weighted by atomic mass is 16.1. The van der Waals surface area contributed by atoms with Gasteiger partial charge in [-0.1, -0.05) is 62.9 Å². The third-order valence-electron chi connectivity index (χ3n) is 4.37. The Labute approximate surface area is 121 Å². The fourth-order valence-corrected chi connectivity index (χ4v) is 3.33. The van der Waals surface area contributed by atoms with Crippen LogP contribution in [-0.2, 0) is 10.3 Å². The molecule has 1 amide bonds. The van der Waals surface area contributed by atoms with Gasteiger partial charge in [-0.15, -0.1) is 0 Å². The molecule has 20 heavy (non-hydrogen) atoms. The van der Waals surface area contributed by atoms with Gasteiger partial charge in [0.15, 0.2) is 0 Å². The Hall–Kier alpha value is -1.35. The Morgan fingerprint density at radius 1 is 1.25 bits per heavy atom. The Morgan fingerprint density at radius 2 is 1.90 bits per heavy atom. The van der Waals surface area contributed by atoms with Crippen LogP contribution < -0.4 is 11.1 Å². The van der Waals surface area contributed by atoms with Gasteiger partial charge < -0.3 is 5.73 Å². The number of amides is 1. The van der Waals surface area contributed by atoms with Gasteiger partial charge in [-0.25, -0.2) is 0 Å². The van der Waals surface area contributed by atoms with Gasteiger partial charge in [-0.2, -0.15) is 0 Å². The second-order valence-corrected chi connectivity index (χ2v) is 5.86. The van der Waals surface area contributed by atoms with Gasteiger partial charge in [0.2, 0.25) is 5.91 Å². The predicted octanol–water partition coefficient (Wildman–Crippen LogP) is 3.09. The number of hydrogen-bond donors (Lipinski definition) is 2. The second kappa shape index (κ2) is 6.89. The van der Waals surface area contributed by atoms with E-state index in [4.69, 9.17) is 5.73 Å². The summed E-state index contributed by atoms with van der Waals surface area (Å²) >= 11 is 0. The van der Waals surface area contributed by atoms with Gasteiger partial charge in [-0.05, 0) is 24.8 Å². The van der Waals surface area contributed by atoms with Crippen LogP contribution in [0.25, 0.3) is 0 Å². The quantitative estimate of drug-likeness (QED) is 0.837. The smallest absolute Gasteiger partial charge is 0.242 e. The van der Waals surface area contributed by atoms with Crippen LogP contribution in [0, 0.1) is 0 Å². The van der Waals surface area contributed by atoms with E-state index >= 15 is 0 Å². The van der Waals surface area contributed by atoms with Crippen molar-refractivity contribution in [2.75, 3.05) is 0 Å². The van der Waals surface area contributed by atoms with Crippen molar-refractivity contribution in [2.24, 2.45) is 5.73 Å². The first kappa shape index (κ1) is 15.0. The second-order valence-electron chi connectivity index (χ2n) is 5.86. The van der Waals surface area contributed by atoms with Gasteiger partial charge in [-0.3, -0.25) is 10.1 Å². The molecule has 1 saturated carbocycles. The van der Waals surface area contributed by atoms with Gasteiger partial charge in [0.05, 0.1) is 0 Å². The first-order valence-electron chi connectivity index (χ1n) is 7.82. The zero-order chi connectivity index (χ0) is 14.4. The maximum atomic E-state index is 12.2. The number of nitrogens with one attached hydrogen (secondary N) is 1. The minimum Gasteiger partial charge on any atom is -0.368 e. The Balaban J connectivity index is 2.29. The first-order valence-corrected chi connectivity index (χ1v) is 7.82. The largest absolute Gasteiger partial charge is 0.368 e. The van der Waals surface area contributed by atoms with Crippen LogP contribution in [0.5, 0.6) is 0 Å². The molecular weight excluding hydrogens is 248 g/mol. The summed E-state index contributed by atoms with van der Waals surface area (Å²) in [5.74, 6) is -0.254. The fraction of sp³-hybridized carbons (Fsp3) is 0.588. The highest BCUT2D eigenvalue weighted by Crippen LogP contribution is 2.30. The van der Waals surface area contributed by atoms with Crippen molar-refractivity contribution in [2.45, 2.75) is 63.5 Å². The average Bonchev–Trinajstić information content (AvgIpc) is 2.48. The maximum absolute atomic E-state index is 12.2. The van der Waals surface area contributed by atoms with Gasteiger partial charge in [0.1, 0.15) is 5.54 Å². The molecule has 110 valence electrons. The summed E-state index contributed by atoms with van der Waals surface area (Å²) in [5.41, 5.74) is 6.10. The molecule has 0 aliphatic heterocycles. The van der Waals surface area contributed by atoms with Crippen molar-refractivity contribution in [3.63, 3.8) is 0 Å². The molecule has 1 fully saturated rings. The van der Waals surface area contributed by atoms with Crippen molar-refractivity contribution in [3.05, 3.63) is 35.9 Å². The normalized spacial score (nSPS) is 19.4. The molecule has 1 aromatic rings. The van der Waals surface area contributed by atoms with Crippen LogP contribution in [0.4, 0.5) is 0 Å². The molecule has 3 heteroatoms. The molecule has 1 aliphatic rings. The van der Waals surface area contributed by atoms with Gasteiger partial charge >= 0.3 is 0 Å². The van der Waals surface area contributed by atoms with Crippen molar-refractivity contribution >= 4 is 5.91 Å². The number of rotatable bonds is 6. The average molecular weight is 274 g/mol. The lowest BCUT2D eigenvalue weighted by atomic mass is 9.82. The molecule has 0 saturated heterocycles. The van der Waals surface area contributed by atoms with E-state index in [9.17, 15) is 4.79 Å². The molecule has 1 unspecified atom stereocenters. The molecule has 0 bridgehead atoms. The van der Waals surface area contributed by atoms with E-state index in [-0.39, 0.29) is 5.91 Å².